The number of imidazole rings is 1. The van der Waals surface area contributed by atoms with E-state index >= 15 is 0 Å². The van der Waals surface area contributed by atoms with Gasteiger partial charge in [0.2, 0.25) is 0 Å². The van der Waals surface area contributed by atoms with Crippen LogP contribution in [0.15, 0.2) is 54.7 Å². The SMILES string of the molecule is Nc1nc(-c2ccccc2)c(-c2ccc(O)c(Cl)c2)n2cc(C3CCCCC3)nc12. The van der Waals surface area contributed by atoms with E-state index in [-0.39, 0.29) is 5.75 Å². The lowest BCUT2D eigenvalue weighted by molar-refractivity contribution is 0.438. The zero-order valence-electron chi connectivity index (χ0n) is 16.6. The van der Waals surface area contributed by atoms with Gasteiger partial charge in [-0.1, -0.05) is 61.2 Å². The van der Waals surface area contributed by atoms with Crippen LogP contribution in [-0.2, 0) is 0 Å². The third-order valence-electron chi connectivity index (χ3n) is 5.94. The summed E-state index contributed by atoms with van der Waals surface area (Å²) in [6.07, 6.45) is 8.19. The fourth-order valence-corrected chi connectivity index (χ4v) is 4.59. The molecule has 0 atom stereocenters. The van der Waals surface area contributed by atoms with Crippen LogP contribution in [0, 0.1) is 0 Å². The van der Waals surface area contributed by atoms with Gasteiger partial charge in [0.15, 0.2) is 11.5 Å². The number of halogens is 1. The largest absolute Gasteiger partial charge is 0.506 e. The fourth-order valence-electron chi connectivity index (χ4n) is 4.41. The Kier molecular flexibility index (Phi) is 4.83. The van der Waals surface area contributed by atoms with Crippen molar-refractivity contribution in [3.8, 4) is 28.3 Å². The highest BCUT2D eigenvalue weighted by atomic mass is 35.5. The summed E-state index contributed by atoms with van der Waals surface area (Å²) < 4.78 is 2.04. The molecule has 5 nitrogen and oxygen atoms in total. The standard InChI is InChI=1S/C24H23ClN4O/c25-18-13-17(11-12-20(18)30)22-21(16-9-5-2-6-10-16)28-23(26)24-27-19(14-29(22)24)15-7-3-1-4-8-15/h2,5-6,9-15,30H,1,3-4,7-8H2,(H2,26,28). The minimum atomic E-state index is 0.0508. The van der Waals surface area contributed by atoms with Gasteiger partial charge in [-0.2, -0.15) is 0 Å². The summed E-state index contributed by atoms with van der Waals surface area (Å²) in [4.78, 5) is 9.64. The summed E-state index contributed by atoms with van der Waals surface area (Å²) >= 11 is 6.25. The Morgan fingerprint density at radius 1 is 0.967 bits per heavy atom. The average molecular weight is 419 g/mol. The number of nitrogen functional groups attached to an aromatic ring is 1. The van der Waals surface area contributed by atoms with Crippen molar-refractivity contribution >= 4 is 23.1 Å². The maximum Gasteiger partial charge on any atom is 0.180 e. The van der Waals surface area contributed by atoms with E-state index in [1.54, 1.807) is 12.1 Å². The number of anilines is 1. The van der Waals surface area contributed by atoms with Crippen molar-refractivity contribution in [1.29, 1.82) is 0 Å². The van der Waals surface area contributed by atoms with Gasteiger partial charge in [0, 0.05) is 23.2 Å². The molecule has 0 spiro atoms. The molecule has 1 fully saturated rings. The van der Waals surface area contributed by atoms with Gasteiger partial charge in [-0.3, -0.25) is 4.40 Å². The van der Waals surface area contributed by atoms with Crippen LogP contribution in [0.3, 0.4) is 0 Å². The molecule has 2 aromatic heterocycles. The summed E-state index contributed by atoms with van der Waals surface area (Å²) in [5.74, 6) is 0.911. The number of nitrogens with two attached hydrogens (primary N) is 1. The monoisotopic (exact) mass is 418 g/mol. The van der Waals surface area contributed by atoms with Crippen molar-refractivity contribution in [3.05, 3.63) is 65.4 Å². The Balaban J connectivity index is 1.79. The fraction of sp³-hybridized carbons (Fsp3) is 0.250. The number of benzene rings is 2. The van der Waals surface area contributed by atoms with E-state index in [4.69, 9.17) is 27.3 Å². The van der Waals surface area contributed by atoms with Gasteiger partial charge in [0.05, 0.1) is 22.1 Å². The highest BCUT2D eigenvalue weighted by molar-refractivity contribution is 6.32. The highest BCUT2D eigenvalue weighted by Gasteiger charge is 2.23. The molecule has 0 aliphatic heterocycles. The third-order valence-corrected chi connectivity index (χ3v) is 6.25. The minimum Gasteiger partial charge on any atom is -0.506 e. The van der Waals surface area contributed by atoms with E-state index in [0.717, 1.165) is 41.1 Å². The molecule has 30 heavy (non-hydrogen) atoms. The first kappa shape index (κ1) is 18.9. The lowest BCUT2D eigenvalue weighted by atomic mass is 9.87. The Labute approximate surface area is 180 Å². The quantitative estimate of drug-likeness (QED) is 0.424. The van der Waals surface area contributed by atoms with Gasteiger partial charge in [-0.25, -0.2) is 9.97 Å². The summed E-state index contributed by atoms with van der Waals surface area (Å²) in [6.45, 7) is 0. The van der Waals surface area contributed by atoms with Gasteiger partial charge in [-0.15, -0.1) is 0 Å². The molecular formula is C24H23ClN4O. The molecule has 1 saturated carbocycles. The lowest BCUT2D eigenvalue weighted by Gasteiger charge is -2.19. The second kappa shape index (κ2) is 7.65. The number of rotatable bonds is 3. The summed E-state index contributed by atoms with van der Waals surface area (Å²) in [5, 5.41) is 10.2. The van der Waals surface area contributed by atoms with Gasteiger partial charge < -0.3 is 10.8 Å². The number of hydrogen-bond acceptors (Lipinski definition) is 4. The normalized spacial score (nSPS) is 15.0. The molecule has 0 saturated heterocycles. The topological polar surface area (TPSA) is 76.4 Å². The summed E-state index contributed by atoms with van der Waals surface area (Å²) in [6, 6.07) is 15.2. The first-order chi connectivity index (χ1) is 14.6. The number of fused-ring (bicyclic) bond motifs is 1. The van der Waals surface area contributed by atoms with Crippen LogP contribution in [0.2, 0.25) is 5.02 Å². The summed E-state index contributed by atoms with van der Waals surface area (Å²) in [7, 11) is 0. The van der Waals surface area contributed by atoms with E-state index in [1.807, 2.05) is 40.8 Å². The number of phenols is 1. The highest BCUT2D eigenvalue weighted by Crippen LogP contribution is 2.38. The molecule has 0 radical (unpaired) electrons. The molecule has 4 aromatic rings. The van der Waals surface area contributed by atoms with Crippen molar-refractivity contribution in [2.75, 3.05) is 5.73 Å². The molecule has 5 rings (SSSR count). The first-order valence-corrected chi connectivity index (χ1v) is 10.7. The number of nitrogens with zero attached hydrogens (tertiary/aromatic N) is 3. The molecule has 1 aliphatic rings. The van der Waals surface area contributed by atoms with Gasteiger partial charge in [0.25, 0.3) is 0 Å². The number of phenolic OH excluding ortho intramolecular Hbond substituents is 1. The van der Waals surface area contributed by atoms with Crippen molar-refractivity contribution in [1.82, 2.24) is 14.4 Å². The van der Waals surface area contributed by atoms with E-state index in [1.165, 1.54) is 19.3 Å². The van der Waals surface area contributed by atoms with Crippen LogP contribution in [0.1, 0.15) is 43.7 Å². The molecule has 0 bridgehead atoms. The molecule has 2 aromatic carbocycles. The maximum atomic E-state index is 9.92. The van der Waals surface area contributed by atoms with Crippen LogP contribution in [-0.4, -0.2) is 19.5 Å². The Morgan fingerprint density at radius 2 is 1.73 bits per heavy atom. The second-order valence-corrected chi connectivity index (χ2v) is 8.33. The van der Waals surface area contributed by atoms with Gasteiger partial charge >= 0.3 is 0 Å². The molecule has 0 amide bonds. The molecule has 0 unspecified atom stereocenters. The zero-order chi connectivity index (χ0) is 20.7. The number of aromatic hydroxyl groups is 1. The molecule has 152 valence electrons. The Bertz CT molecular complexity index is 1210. The molecule has 2 heterocycles. The van der Waals surface area contributed by atoms with Crippen LogP contribution in [0.25, 0.3) is 28.2 Å². The van der Waals surface area contributed by atoms with Crippen molar-refractivity contribution in [2.24, 2.45) is 0 Å². The van der Waals surface area contributed by atoms with Gasteiger partial charge in [0.1, 0.15) is 5.75 Å². The second-order valence-electron chi connectivity index (χ2n) is 7.92. The summed E-state index contributed by atoms with van der Waals surface area (Å²) in [5.41, 5.74) is 11.5. The zero-order valence-corrected chi connectivity index (χ0v) is 17.3. The van der Waals surface area contributed by atoms with E-state index in [9.17, 15) is 5.11 Å². The van der Waals surface area contributed by atoms with Crippen molar-refractivity contribution < 1.29 is 5.11 Å². The first-order valence-electron chi connectivity index (χ1n) is 10.3. The van der Waals surface area contributed by atoms with Gasteiger partial charge in [-0.05, 0) is 31.0 Å². The van der Waals surface area contributed by atoms with Crippen molar-refractivity contribution in [2.45, 2.75) is 38.0 Å². The van der Waals surface area contributed by atoms with Crippen LogP contribution in [0.4, 0.5) is 5.82 Å². The van der Waals surface area contributed by atoms with Crippen LogP contribution >= 0.6 is 11.6 Å². The third kappa shape index (κ3) is 3.29. The van der Waals surface area contributed by atoms with Crippen molar-refractivity contribution in [3.63, 3.8) is 0 Å². The predicted octanol–water partition coefficient (Wildman–Crippen LogP) is 6.05. The predicted molar refractivity (Wildman–Crippen MR) is 121 cm³/mol. The Morgan fingerprint density at radius 3 is 2.47 bits per heavy atom. The van der Waals surface area contributed by atoms with E-state index < -0.39 is 0 Å². The molecular weight excluding hydrogens is 396 g/mol. The van der Waals surface area contributed by atoms with E-state index in [2.05, 4.69) is 6.20 Å². The number of hydrogen-bond donors (Lipinski definition) is 2. The molecule has 6 heteroatoms. The minimum absolute atomic E-state index is 0.0508. The van der Waals surface area contributed by atoms with Crippen LogP contribution < -0.4 is 5.73 Å². The molecule has 3 N–H and O–H groups in total. The van der Waals surface area contributed by atoms with E-state index in [0.29, 0.717) is 22.4 Å². The number of aromatic nitrogens is 3. The molecule has 1 aliphatic carbocycles. The Hall–Kier alpha value is -3.05. The average Bonchev–Trinajstić information content (AvgIpc) is 3.23. The lowest BCUT2D eigenvalue weighted by Crippen LogP contribution is -2.04. The maximum absolute atomic E-state index is 9.92. The van der Waals surface area contributed by atoms with Crippen LogP contribution in [0.5, 0.6) is 5.75 Å². The smallest absolute Gasteiger partial charge is 0.180 e.